The van der Waals surface area contributed by atoms with Crippen LogP contribution in [-0.4, -0.2) is 26.3 Å². The number of H-pyrrole nitrogens is 1. The molecule has 2 aromatic rings. The first kappa shape index (κ1) is 14.4. The molecule has 0 aliphatic carbocycles. The van der Waals surface area contributed by atoms with Crippen molar-refractivity contribution in [1.82, 2.24) is 15.2 Å². The topological polar surface area (TPSA) is 70.7 Å². The second kappa shape index (κ2) is 5.95. The Hall–Kier alpha value is -2.03. The summed E-state index contributed by atoms with van der Waals surface area (Å²) in [6, 6.07) is 1.69. The van der Waals surface area contributed by atoms with Crippen LogP contribution in [0.15, 0.2) is 23.6 Å². The van der Waals surface area contributed by atoms with Crippen molar-refractivity contribution in [2.75, 3.05) is 5.32 Å². The number of thioether (sulfide) groups is 1. The molecule has 0 unspecified atom stereocenters. The second-order valence-electron chi connectivity index (χ2n) is 3.76. The number of rotatable bonds is 4. The lowest BCUT2D eigenvalue weighted by atomic mass is 10.2. The normalized spacial score (nSPS) is 12.2. The van der Waals surface area contributed by atoms with Gasteiger partial charge in [0.05, 0.1) is 10.9 Å². The molecule has 9 heteroatoms. The minimum absolute atomic E-state index is 0.415. The number of nitrogens with one attached hydrogen (secondary N) is 2. The van der Waals surface area contributed by atoms with Gasteiger partial charge in [-0.15, -0.1) is 0 Å². The van der Waals surface area contributed by atoms with E-state index in [-0.39, 0.29) is 0 Å². The monoisotopic (exact) mass is 302 g/mol. The van der Waals surface area contributed by atoms with Crippen LogP contribution < -0.4 is 5.32 Å². The molecule has 0 saturated heterocycles. The van der Waals surface area contributed by atoms with Gasteiger partial charge in [0.1, 0.15) is 6.33 Å². The van der Waals surface area contributed by atoms with Crippen LogP contribution in [0, 0.1) is 17.5 Å². The van der Waals surface area contributed by atoms with Crippen molar-refractivity contribution in [3.8, 4) is 0 Å². The smallest absolute Gasteiger partial charge is 0.237 e. The minimum Gasteiger partial charge on any atom is -0.323 e. The fourth-order valence-electron chi connectivity index (χ4n) is 1.33. The van der Waals surface area contributed by atoms with Crippen LogP contribution in [0.2, 0.25) is 0 Å². The molecule has 106 valence electrons. The lowest BCUT2D eigenvalue weighted by Crippen LogP contribution is -2.23. The Labute approximate surface area is 116 Å². The Morgan fingerprint density at radius 1 is 1.35 bits per heavy atom. The molecular formula is C11H9F3N4OS. The Balaban J connectivity index is 2.06. The number of hydrogen-bond acceptors (Lipinski definition) is 4. The SMILES string of the molecule is C[C@@H](Sc1ncn[nH]1)C(=O)Nc1ccc(F)c(F)c1F. The van der Waals surface area contributed by atoms with Gasteiger partial charge in [0.25, 0.3) is 0 Å². The van der Waals surface area contributed by atoms with E-state index in [1.165, 1.54) is 6.33 Å². The molecular weight excluding hydrogens is 293 g/mol. The predicted molar refractivity (Wildman–Crippen MR) is 66.6 cm³/mol. The molecule has 0 spiro atoms. The summed E-state index contributed by atoms with van der Waals surface area (Å²) in [6.07, 6.45) is 1.28. The van der Waals surface area contributed by atoms with Crippen molar-refractivity contribution >= 4 is 23.4 Å². The van der Waals surface area contributed by atoms with Gasteiger partial charge in [-0.25, -0.2) is 18.2 Å². The molecule has 5 nitrogen and oxygen atoms in total. The Morgan fingerprint density at radius 2 is 2.10 bits per heavy atom. The van der Waals surface area contributed by atoms with Gasteiger partial charge in [-0.05, 0) is 19.1 Å². The van der Waals surface area contributed by atoms with Gasteiger partial charge in [0, 0.05) is 0 Å². The molecule has 0 aliphatic heterocycles. The first-order valence-corrected chi connectivity index (χ1v) is 6.33. The molecule has 0 saturated carbocycles. The fraction of sp³-hybridized carbons (Fsp3) is 0.182. The third-order valence-corrected chi connectivity index (χ3v) is 3.33. The summed E-state index contributed by atoms with van der Waals surface area (Å²) in [5.74, 6) is -4.95. The number of carbonyl (C=O) groups excluding carboxylic acids is 1. The van der Waals surface area contributed by atoms with Gasteiger partial charge >= 0.3 is 0 Å². The van der Waals surface area contributed by atoms with Gasteiger partial charge in [-0.1, -0.05) is 11.8 Å². The molecule has 1 heterocycles. The van der Waals surface area contributed by atoms with Gasteiger partial charge in [-0.3, -0.25) is 9.89 Å². The van der Waals surface area contributed by atoms with Crippen LogP contribution in [0.4, 0.5) is 18.9 Å². The van der Waals surface area contributed by atoms with Gasteiger partial charge in [-0.2, -0.15) is 5.10 Å². The number of anilines is 1. The zero-order chi connectivity index (χ0) is 14.7. The third-order valence-electron chi connectivity index (χ3n) is 2.34. The average molecular weight is 302 g/mol. The number of amides is 1. The standard InChI is InChI=1S/C11H9F3N4OS/c1-5(20-11-15-4-16-18-11)10(19)17-7-3-2-6(12)8(13)9(7)14/h2-5H,1H3,(H,17,19)(H,15,16,18)/t5-/m1/s1. The summed E-state index contributed by atoms with van der Waals surface area (Å²) in [6.45, 7) is 1.56. The molecule has 0 bridgehead atoms. The summed E-state index contributed by atoms with van der Waals surface area (Å²) >= 11 is 1.06. The second-order valence-corrected chi connectivity index (χ2v) is 5.09. The number of nitrogens with zero attached hydrogens (tertiary/aromatic N) is 2. The van der Waals surface area contributed by atoms with Crippen molar-refractivity contribution < 1.29 is 18.0 Å². The summed E-state index contributed by atoms with van der Waals surface area (Å²) < 4.78 is 39.2. The Morgan fingerprint density at radius 3 is 2.75 bits per heavy atom. The lowest BCUT2D eigenvalue weighted by Gasteiger charge is -2.11. The molecule has 1 amide bonds. The molecule has 0 fully saturated rings. The van der Waals surface area contributed by atoms with E-state index in [1.807, 2.05) is 0 Å². The molecule has 1 aromatic carbocycles. The first-order valence-electron chi connectivity index (χ1n) is 5.45. The van der Waals surface area contributed by atoms with Gasteiger partial charge in [0.15, 0.2) is 22.6 Å². The number of benzene rings is 1. The largest absolute Gasteiger partial charge is 0.323 e. The van der Waals surface area contributed by atoms with Crippen LogP contribution in [0.25, 0.3) is 0 Å². The van der Waals surface area contributed by atoms with Crippen molar-refractivity contribution in [2.24, 2.45) is 0 Å². The zero-order valence-electron chi connectivity index (χ0n) is 10.2. The van der Waals surface area contributed by atoms with Crippen LogP contribution in [0.5, 0.6) is 0 Å². The van der Waals surface area contributed by atoms with Crippen molar-refractivity contribution in [3.05, 3.63) is 35.9 Å². The van der Waals surface area contributed by atoms with Crippen LogP contribution >= 0.6 is 11.8 Å². The summed E-state index contributed by atoms with van der Waals surface area (Å²) in [5, 5.41) is 8.14. The Bertz CT molecular complexity index is 620. The van der Waals surface area contributed by atoms with Crippen LogP contribution in [0.1, 0.15) is 6.92 Å². The molecule has 2 N–H and O–H groups in total. The van der Waals surface area contributed by atoms with Gasteiger partial charge in [0.2, 0.25) is 5.91 Å². The molecule has 0 aliphatic rings. The van der Waals surface area contributed by atoms with Crippen LogP contribution in [0.3, 0.4) is 0 Å². The van der Waals surface area contributed by atoms with E-state index < -0.39 is 34.3 Å². The lowest BCUT2D eigenvalue weighted by molar-refractivity contribution is -0.115. The highest BCUT2D eigenvalue weighted by Gasteiger charge is 2.20. The number of aromatic amines is 1. The third kappa shape index (κ3) is 3.10. The number of halogens is 3. The summed E-state index contributed by atoms with van der Waals surface area (Å²) in [4.78, 5) is 15.6. The molecule has 0 radical (unpaired) electrons. The van der Waals surface area contributed by atoms with Crippen molar-refractivity contribution in [3.63, 3.8) is 0 Å². The predicted octanol–water partition coefficient (Wildman–Crippen LogP) is 2.34. The van der Waals surface area contributed by atoms with E-state index in [0.29, 0.717) is 5.16 Å². The van der Waals surface area contributed by atoms with Crippen molar-refractivity contribution in [2.45, 2.75) is 17.3 Å². The van der Waals surface area contributed by atoms with Crippen molar-refractivity contribution in [1.29, 1.82) is 0 Å². The van der Waals surface area contributed by atoms with E-state index in [9.17, 15) is 18.0 Å². The Kier molecular flexibility index (Phi) is 4.28. The molecule has 1 atom stereocenters. The maximum atomic E-state index is 13.4. The average Bonchev–Trinajstić information content (AvgIpc) is 2.92. The number of aromatic nitrogens is 3. The van der Waals surface area contributed by atoms with E-state index in [2.05, 4.69) is 20.5 Å². The number of hydrogen-bond donors (Lipinski definition) is 2. The van der Waals surface area contributed by atoms with E-state index >= 15 is 0 Å². The maximum absolute atomic E-state index is 13.4. The van der Waals surface area contributed by atoms with E-state index in [0.717, 1.165) is 23.9 Å². The summed E-state index contributed by atoms with van der Waals surface area (Å²) in [5.41, 5.74) is -0.418. The highest BCUT2D eigenvalue weighted by atomic mass is 32.2. The molecule has 1 aromatic heterocycles. The zero-order valence-corrected chi connectivity index (χ0v) is 11.0. The molecule has 20 heavy (non-hydrogen) atoms. The highest BCUT2D eigenvalue weighted by Crippen LogP contribution is 2.23. The van der Waals surface area contributed by atoms with E-state index in [1.54, 1.807) is 6.92 Å². The molecule has 2 rings (SSSR count). The maximum Gasteiger partial charge on any atom is 0.237 e. The number of carbonyl (C=O) groups is 1. The summed E-state index contributed by atoms with van der Waals surface area (Å²) in [7, 11) is 0. The fourth-order valence-corrected chi connectivity index (χ4v) is 2.04. The van der Waals surface area contributed by atoms with Gasteiger partial charge < -0.3 is 5.32 Å². The minimum atomic E-state index is -1.63. The highest BCUT2D eigenvalue weighted by molar-refractivity contribution is 8.00. The van der Waals surface area contributed by atoms with Crippen LogP contribution in [-0.2, 0) is 4.79 Å². The first-order chi connectivity index (χ1) is 9.49. The quantitative estimate of drug-likeness (QED) is 0.672. The van der Waals surface area contributed by atoms with E-state index in [4.69, 9.17) is 0 Å².